The van der Waals surface area contributed by atoms with Crippen molar-refractivity contribution in [3.63, 3.8) is 0 Å². The van der Waals surface area contributed by atoms with Crippen LogP contribution in [0.1, 0.15) is 25.3 Å². The highest BCUT2D eigenvalue weighted by Crippen LogP contribution is 2.12. The molecule has 0 aromatic heterocycles. The molecule has 0 amide bonds. The van der Waals surface area contributed by atoms with Gasteiger partial charge in [-0.3, -0.25) is 0 Å². The van der Waals surface area contributed by atoms with Crippen LogP contribution in [0, 0.1) is 12.0 Å². The van der Waals surface area contributed by atoms with Crippen molar-refractivity contribution in [2.45, 2.75) is 19.8 Å². The molecular formula is C12H15N. The molecule has 0 radical (unpaired) electrons. The summed E-state index contributed by atoms with van der Waals surface area (Å²) >= 11 is 0. The topological polar surface area (TPSA) is 12.0 Å². The molecule has 13 heavy (non-hydrogen) atoms. The molecule has 1 atom stereocenters. The van der Waals surface area contributed by atoms with Crippen LogP contribution in [0.4, 0.5) is 0 Å². The van der Waals surface area contributed by atoms with Crippen molar-refractivity contribution < 1.29 is 0 Å². The Kier molecular flexibility index (Phi) is 3.92. The molecule has 68 valence electrons. The summed E-state index contributed by atoms with van der Waals surface area (Å²) in [4.78, 5) is 0. The summed E-state index contributed by atoms with van der Waals surface area (Å²) in [6, 6.07) is 13.3. The van der Waals surface area contributed by atoms with E-state index in [4.69, 9.17) is 0 Å². The molecule has 1 unspecified atom stereocenters. The van der Waals surface area contributed by atoms with Crippen molar-refractivity contribution in [2.75, 3.05) is 6.54 Å². The summed E-state index contributed by atoms with van der Waals surface area (Å²) in [6.07, 6.45) is 0. The second kappa shape index (κ2) is 5.27. The lowest BCUT2D eigenvalue weighted by Crippen LogP contribution is -2.14. The van der Waals surface area contributed by atoms with Crippen LogP contribution in [-0.4, -0.2) is 6.54 Å². The zero-order valence-corrected chi connectivity index (χ0v) is 8.17. The van der Waals surface area contributed by atoms with Crippen molar-refractivity contribution >= 4 is 0 Å². The average molecular weight is 173 g/mol. The highest BCUT2D eigenvalue weighted by Gasteiger charge is 2.01. The first-order valence-electron chi connectivity index (χ1n) is 4.54. The average Bonchev–Trinajstić information content (AvgIpc) is 2.19. The summed E-state index contributed by atoms with van der Waals surface area (Å²) in [5.74, 6) is 3.33. The Labute approximate surface area is 80.2 Å². The van der Waals surface area contributed by atoms with E-state index in [9.17, 15) is 0 Å². The quantitative estimate of drug-likeness (QED) is 0.546. The third-order valence-corrected chi connectivity index (χ3v) is 1.99. The molecule has 1 nitrogen and oxygen atoms in total. The van der Waals surface area contributed by atoms with E-state index >= 15 is 0 Å². The van der Waals surface area contributed by atoms with Crippen molar-refractivity contribution in [3.8, 4) is 12.0 Å². The molecule has 1 rings (SSSR count). The lowest BCUT2D eigenvalue weighted by molar-refractivity contribution is 0.713. The van der Waals surface area contributed by atoms with E-state index in [1.165, 1.54) is 5.56 Å². The first-order chi connectivity index (χ1) is 6.34. The van der Waals surface area contributed by atoms with Gasteiger partial charge in [0.05, 0.1) is 0 Å². The Balaban J connectivity index is 2.47. The van der Waals surface area contributed by atoms with Crippen molar-refractivity contribution in [3.05, 3.63) is 35.9 Å². The first kappa shape index (κ1) is 9.67. The van der Waals surface area contributed by atoms with Gasteiger partial charge in [0.15, 0.2) is 0 Å². The van der Waals surface area contributed by atoms with E-state index in [0.717, 1.165) is 6.54 Å². The Morgan fingerprint density at radius 2 is 2.00 bits per heavy atom. The van der Waals surface area contributed by atoms with E-state index < -0.39 is 0 Å². The molecule has 0 saturated heterocycles. The van der Waals surface area contributed by atoms with Gasteiger partial charge < -0.3 is 5.32 Å². The van der Waals surface area contributed by atoms with Crippen LogP contribution in [0.2, 0.25) is 0 Å². The third kappa shape index (κ3) is 3.21. The maximum absolute atomic E-state index is 3.07. The number of nitrogens with one attached hydrogen (secondary N) is 1. The van der Waals surface area contributed by atoms with E-state index in [1.54, 1.807) is 0 Å². The fourth-order valence-electron chi connectivity index (χ4n) is 1.19. The molecule has 0 heterocycles. The minimum atomic E-state index is 0.516. The predicted molar refractivity (Wildman–Crippen MR) is 56.3 cm³/mol. The van der Waals surface area contributed by atoms with E-state index in [0.29, 0.717) is 5.92 Å². The molecule has 0 bridgehead atoms. The molecule has 1 N–H and O–H groups in total. The molecular weight excluding hydrogens is 158 g/mol. The summed E-state index contributed by atoms with van der Waals surface area (Å²) < 4.78 is 0. The minimum absolute atomic E-state index is 0.516. The lowest BCUT2D eigenvalue weighted by Gasteiger charge is -2.09. The molecule has 0 saturated carbocycles. The van der Waals surface area contributed by atoms with Gasteiger partial charge in [-0.1, -0.05) is 43.2 Å². The maximum atomic E-state index is 3.07. The first-order valence-corrected chi connectivity index (χ1v) is 4.54. The number of rotatable bonds is 3. The Bertz CT molecular complexity index is 292. The molecule has 0 fully saturated rings. The third-order valence-electron chi connectivity index (χ3n) is 1.99. The van der Waals surface area contributed by atoms with Crippen LogP contribution in [0.3, 0.4) is 0 Å². The van der Waals surface area contributed by atoms with Crippen molar-refractivity contribution in [1.29, 1.82) is 0 Å². The highest BCUT2D eigenvalue weighted by atomic mass is 14.8. The summed E-state index contributed by atoms with van der Waals surface area (Å²) in [6.45, 7) is 4.94. The summed E-state index contributed by atoms with van der Waals surface area (Å²) in [5.41, 5.74) is 1.35. The summed E-state index contributed by atoms with van der Waals surface area (Å²) in [5, 5.41) is 3.07. The zero-order valence-electron chi connectivity index (χ0n) is 8.17. The van der Waals surface area contributed by atoms with E-state index in [1.807, 2.05) is 13.0 Å². The largest absolute Gasteiger partial charge is 0.345 e. The second-order valence-electron chi connectivity index (χ2n) is 3.07. The maximum Gasteiger partial charge on any atom is 0.0295 e. The number of hydrogen-bond donors (Lipinski definition) is 1. The monoisotopic (exact) mass is 173 g/mol. The molecule has 0 aliphatic carbocycles. The smallest absolute Gasteiger partial charge is 0.0295 e. The molecule has 1 aromatic rings. The Morgan fingerprint density at radius 1 is 1.31 bits per heavy atom. The van der Waals surface area contributed by atoms with Crippen LogP contribution in [0.15, 0.2) is 30.3 Å². The van der Waals surface area contributed by atoms with Crippen molar-refractivity contribution in [2.24, 2.45) is 0 Å². The highest BCUT2D eigenvalue weighted by molar-refractivity contribution is 5.19. The van der Waals surface area contributed by atoms with Gasteiger partial charge in [-0.25, -0.2) is 0 Å². The molecule has 0 spiro atoms. The SMILES string of the molecule is CC#CNCC(C)c1ccccc1. The normalized spacial score (nSPS) is 11.2. The molecule has 0 aliphatic heterocycles. The molecule has 0 aliphatic rings. The van der Waals surface area contributed by atoms with Gasteiger partial charge in [-0.05, 0) is 18.4 Å². The van der Waals surface area contributed by atoms with E-state index in [2.05, 4.69) is 48.5 Å². The van der Waals surface area contributed by atoms with Gasteiger partial charge in [0, 0.05) is 12.6 Å². The van der Waals surface area contributed by atoms with Gasteiger partial charge in [0.2, 0.25) is 0 Å². The van der Waals surface area contributed by atoms with Gasteiger partial charge in [-0.15, -0.1) is 0 Å². The van der Waals surface area contributed by atoms with Gasteiger partial charge >= 0.3 is 0 Å². The Hall–Kier alpha value is -1.42. The van der Waals surface area contributed by atoms with Crippen LogP contribution in [-0.2, 0) is 0 Å². The number of hydrogen-bond acceptors (Lipinski definition) is 1. The molecule has 1 aromatic carbocycles. The lowest BCUT2D eigenvalue weighted by atomic mass is 10.0. The zero-order chi connectivity index (χ0) is 9.52. The van der Waals surface area contributed by atoms with Crippen LogP contribution in [0.5, 0.6) is 0 Å². The van der Waals surface area contributed by atoms with Crippen LogP contribution in [0.25, 0.3) is 0 Å². The Morgan fingerprint density at radius 3 is 2.62 bits per heavy atom. The van der Waals surface area contributed by atoms with Gasteiger partial charge in [0.25, 0.3) is 0 Å². The standard InChI is InChI=1S/C12H15N/c1-3-9-13-10-11(2)12-7-5-4-6-8-12/h4-8,11,13H,10H2,1-2H3. The fraction of sp³-hybridized carbons (Fsp3) is 0.333. The van der Waals surface area contributed by atoms with Gasteiger partial charge in [0.1, 0.15) is 0 Å². The van der Waals surface area contributed by atoms with Crippen LogP contribution < -0.4 is 5.32 Å². The van der Waals surface area contributed by atoms with Crippen molar-refractivity contribution in [1.82, 2.24) is 5.32 Å². The predicted octanol–water partition coefficient (Wildman–Crippen LogP) is 2.36. The van der Waals surface area contributed by atoms with E-state index in [-0.39, 0.29) is 0 Å². The summed E-state index contributed by atoms with van der Waals surface area (Å²) in [7, 11) is 0. The molecule has 1 heteroatoms. The number of benzene rings is 1. The fourth-order valence-corrected chi connectivity index (χ4v) is 1.19. The minimum Gasteiger partial charge on any atom is -0.345 e. The van der Waals surface area contributed by atoms with Gasteiger partial charge in [-0.2, -0.15) is 0 Å². The van der Waals surface area contributed by atoms with Crippen LogP contribution >= 0.6 is 0 Å². The second-order valence-corrected chi connectivity index (χ2v) is 3.07.